The lowest BCUT2D eigenvalue weighted by Crippen LogP contribution is -2.35. The number of rotatable bonds is 5. The van der Waals surface area contributed by atoms with Crippen molar-refractivity contribution in [2.45, 2.75) is 43.9 Å². The maximum Gasteiger partial charge on any atom is 0.294 e. The molecule has 1 unspecified atom stereocenters. The van der Waals surface area contributed by atoms with Crippen molar-refractivity contribution in [3.63, 3.8) is 0 Å². The van der Waals surface area contributed by atoms with Crippen LogP contribution >= 0.6 is 11.6 Å². The predicted molar refractivity (Wildman–Crippen MR) is 113 cm³/mol. The largest absolute Gasteiger partial charge is 0.341 e. The van der Waals surface area contributed by atoms with Crippen LogP contribution in [0.1, 0.15) is 43.2 Å². The Labute approximate surface area is 177 Å². The quantitative estimate of drug-likeness (QED) is 0.703. The van der Waals surface area contributed by atoms with Crippen molar-refractivity contribution in [3.05, 3.63) is 46.7 Å². The first kappa shape index (κ1) is 20.6. The highest BCUT2D eigenvalue weighted by atomic mass is 35.5. The summed E-state index contributed by atoms with van der Waals surface area (Å²) >= 11 is 5.87. The van der Waals surface area contributed by atoms with Crippen molar-refractivity contribution in [1.82, 2.24) is 9.97 Å². The fourth-order valence-corrected chi connectivity index (χ4v) is 5.72. The van der Waals surface area contributed by atoms with Gasteiger partial charge in [0.05, 0.1) is 22.3 Å². The van der Waals surface area contributed by atoms with Crippen molar-refractivity contribution in [2.75, 3.05) is 18.0 Å². The molecule has 2 aliphatic rings. The molecule has 1 aliphatic carbocycles. The lowest BCUT2D eigenvalue weighted by atomic mass is 9.86. The van der Waals surface area contributed by atoms with Crippen LogP contribution in [0.15, 0.2) is 35.5 Å². The number of hydrogen-bond acceptors (Lipinski definition) is 5. The standard InChI is InChI=1S/C21H26ClN3O3S/c1-13-3-4-20(29(26,27)28)18(9-13)14(2)17-10-19(17)15-5-7-25(8-6-15)21-23-11-16(22)12-24-21/h3-4,9,11-12,14-15,17,19H,5-8,10H2,1-2H3,(H,26,27,28)/t14?,17-,19-/m1/s1. The van der Waals surface area contributed by atoms with E-state index >= 15 is 0 Å². The highest BCUT2D eigenvalue weighted by Gasteiger charge is 2.47. The Morgan fingerprint density at radius 3 is 2.48 bits per heavy atom. The van der Waals surface area contributed by atoms with Crippen molar-refractivity contribution < 1.29 is 13.0 Å². The summed E-state index contributed by atoms with van der Waals surface area (Å²) in [4.78, 5) is 10.9. The van der Waals surface area contributed by atoms with Gasteiger partial charge in [-0.1, -0.05) is 36.2 Å². The summed E-state index contributed by atoms with van der Waals surface area (Å²) in [7, 11) is -4.21. The first-order chi connectivity index (χ1) is 13.7. The zero-order valence-corrected chi connectivity index (χ0v) is 18.2. The van der Waals surface area contributed by atoms with Crippen molar-refractivity contribution >= 4 is 27.7 Å². The molecule has 2 heterocycles. The molecule has 2 fully saturated rings. The first-order valence-corrected chi connectivity index (χ1v) is 11.9. The topological polar surface area (TPSA) is 83.4 Å². The second-order valence-electron chi connectivity index (χ2n) is 8.39. The van der Waals surface area contributed by atoms with Gasteiger partial charge >= 0.3 is 0 Å². The van der Waals surface area contributed by atoms with Crippen LogP contribution in [0.3, 0.4) is 0 Å². The smallest absolute Gasteiger partial charge is 0.294 e. The average molecular weight is 436 g/mol. The van der Waals surface area contributed by atoms with Gasteiger partial charge in [-0.2, -0.15) is 8.42 Å². The second-order valence-corrected chi connectivity index (χ2v) is 10.2. The number of hydrogen-bond donors (Lipinski definition) is 1. The molecule has 2 aromatic rings. The molecule has 1 saturated heterocycles. The van der Waals surface area contributed by atoms with Crippen LogP contribution in [-0.2, 0) is 10.1 Å². The van der Waals surface area contributed by atoms with Gasteiger partial charge in [0.25, 0.3) is 10.1 Å². The molecule has 8 heteroatoms. The predicted octanol–water partition coefficient (Wildman–Crippen LogP) is 4.34. The van der Waals surface area contributed by atoms with Gasteiger partial charge in [-0.15, -0.1) is 0 Å². The molecule has 156 valence electrons. The van der Waals surface area contributed by atoms with E-state index in [1.165, 1.54) is 6.07 Å². The third kappa shape index (κ3) is 4.42. The van der Waals surface area contributed by atoms with Crippen molar-refractivity contribution in [1.29, 1.82) is 0 Å². The number of halogens is 1. The van der Waals surface area contributed by atoms with E-state index in [-0.39, 0.29) is 10.8 Å². The maximum absolute atomic E-state index is 11.8. The summed E-state index contributed by atoms with van der Waals surface area (Å²) in [6, 6.07) is 5.17. The van der Waals surface area contributed by atoms with Crippen LogP contribution in [0.25, 0.3) is 0 Å². The Hall–Kier alpha value is -1.70. The van der Waals surface area contributed by atoms with Gasteiger partial charge in [0.1, 0.15) is 0 Å². The lowest BCUT2D eigenvalue weighted by molar-refractivity contribution is 0.337. The fourth-order valence-electron chi connectivity index (χ4n) is 4.84. The number of aryl methyl sites for hydroxylation is 1. The van der Waals surface area contributed by atoms with E-state index < -0.39 is 10.1 Å². The van der Waals surface area contributed by atoms with E-state index in [2.05, 4.69) is 21.8 Å². The monoisotopic (exact) mass is 435 g/mol. The van der Waals surface area contributed by atoms with Gasteiger partial charge in [0.15, 0.2) is 0 Å². The molecule has 6 nitrogen and oxygen atoms in total. The minimum atomic E-state index is -4.21. The van der Waals surface area contributed by atoms with E-state index in [4.69, 9.17) is 11.6 Å². The fraction of sp³-hybridized carbons (Fsp3) is 0.524. The maximum atomic E-state index is 11.8. The summed E-state index contributed by atoms with van der Waals surface area (Å²) in [5.41, 5.74) is 1.75. The van der Waals surface area contributed by atoms with Crippen LogP contribution in [0, 0.1) is 24.7 Å². The Bertz CT molecular complexity index is 989. The zero-order chi connectivity index (χ0) is 20.8. The molecule has 1 aliphatic heterocycles. The number of piperidine rings is 1. The number of aromatic nitrogens is 2. The normalized spacial score (nSPS) is 23.8. The molecule has 1 aromatic carbocycles. The van der Waals surface area contributed by atoms with Crippen molar-refractivity contribution in [3.8, 4) is 0 Å². The Balaban J connectivity index is 1.41. The summed E-state index contributed by atoms with van der Waals surface area (Å²) in [6.45, 7) is 5.88. The SMILES string of the molecule is Cc1ccc(S(=O)(=O)O)c(C(C)[C@H]2C[C@@H]2C2CCN(c3ncc(Cl)cn3)CC2)c1. The molecule has 3 atom stereocenters. The molecule has 29 heavy (non-hydrogen) atoms. The number of nitrogens with zero attached hydrogens (tertiary/aromatic N) is 3. The van der Waals surface area contributed by atoms with E-state index in [1.54, 1.807) is 18.5 Å². The Kier molecular flexibility index (Phi) is 5.57. The molecule has 0 spiro atoms. The minimum absolute atomic E-state index is 0.0518. The van der Waals surface area contributed by atoms with E-state index in [0.717, 1.165) is 49.4 Å². The molecule has 1 saturated carbocycles. The Morgan fingerprint density at radius 2 is 1.86 bits per heavy atom. The first-order valence-electron chi connectivity index (χ1n) is 10.0. The van der Waals surface area contributed by atoms with Crippen LogP contribution < -0.4 is 4.90 Å². The van der Waals surface area contributed by atoms with Crippen LogP contribution in [0.2, 0.25) is 5.02 Å². The zero-order valence-electron chi connectivity index (χ0n) is 16.6. The highest BCUT2D eigenvalue weighted by molar-refractivity contribution is 7.85. The highest BCUT2D eigenvalue weighted by Crippen LogP contribution is 2.55. The van der Waals surface area contributed by atoms with E-state index in [9.17, 15) is 13.0 Å². The van der Waals surface area contributed by atoms with Gasteiger partial charge in [0, 0.05) is 13.1 Å². The Morgan fingerprint density at radius 1 is 1.21 bits per heavy atom. The van der Waals surface area contributed by atoms with E-state index in [1.807, 2.05) is 13.0 Å². The van der Waals surface area contributed by atoms with Gasteiger partial charge in [0.2, 0.25) is 5.95 Å². The minimum Gasteiger partial charge on any atom is -0.341 e. The van der Waals surface area contributed by atoms with Gasteiger partial charge in [-0.25, -0.2) is 9.97 Å². The van der Waals surface area contributed by atoms with Crippen LogP contribution in [-0.4, -0.2) is 36.0 Å². The van der Waals surface area contributed by atoms with E-state index in [0.29, 0.717) is 22.8 Å². The third-order valence-corrected chi connectivity index (χ3v) is 7.62. The second kappa shape index (κ2) is 7.85. The van der Waals surface area contributed by atoms with Gasteiger partial charge < -0.3 is 4.90 Å². The molecule has 1 aromatic heterocycles. The van der Waals surface area contributed by atoms with Gasteiger partial charge in [-0.3, -0.25) is 4.55 Å². The summed E-state index contributed by atoms with van der Waals surface area (Å²) in [6.07, 6.45) is 6.53. The molecule has 4 rings (SSSR count). The molecule has 0 amide bonds. The summed E-state index contributed by atoms with van der Waals surface area (Å²) in [5, 5.41) is 0.541. The van der Waals surface area contributed by atoms with Crippen molar-refractivity contribution in [2.24, 2.45) is 17.8 Å². The summed E-state index contributed by atoms with van der Waals surface area (Å²) in [5.74, 6) is 2.53. The van der Waals surface area contributed by atoms with Crippen LogP contribution in [0.5, 0.6) is 0 Å². The number of anilines is 1. The molecular weight excluding hydrogens is 410 g/mol. The van der Waals surface area contributed by atoms with Gasteiger partial charge in [-0.05, 0) is 61.5 Å². The van der Waals surface area contributed by atoms with Crippen LogP contribution in [0.4, 0.5) is 5.95 Å². The summed E-state index contributed by atoms with van der Waals surface area (Å²) < 4.78 is 33.3. The number of benzene rings is 1. The molecule has 0 bridgehead atoms. The molecule has 1 N–H and O–H groups in total. The average Bonchev–Trinajstić information content (AvgIpc) is 3.48. The lowest BCUT2D eigenvalue weighted by Gasteiger charge is -2.32. The molecule has 0 radical (unpaired) electrons. The molecular formula is C21H26ClN3O3S. The third-order valence-electron chi connectivity index (χ3n) is 6.50.